The number of rotatable bonds is 12. The third-order valence-corrected chi connectivity index (χ3v) is 3.23. The number of hydrogen-bond acceptors (Lipinski definition) is 3. The first-order chi connectivity index (χ1) is 11.4. The van der Waals surface area contributed by atoms with Crippen LogP contribution in [0, 0.1) is 5.92 Å². The lowest BCUT2D eigenvalue weighted by atomic mass is 10.1. The van der Waals surface area contributed by atoms with Gasteiger partial charge in [0.2, 0.25) is 0 Å². The topological polar surface area (TPSA) is 63.6 Å². The highest BCUT2D eigenvalue weighted by Crippen LogP contribution is 2.08. The molecule has 0 rings (SSSR count). The van der Waals surface area contributed by atoms with Gasteiger partial charge in [-0.05, 0) is 25.7 Å². The van der Waals surface area contributed by atoms with Gasteiger partial charge in [0.05, 0.1) is 6.61 Å². The van der Waals surface area contributed by atoms with Gasteiger partial charge < -0.3 is 9.84 Å². The molecular formula is C20H42O4. The summed E-state index contributed by atoms with van der Waals surface area (Å²) in [6.07, 6.45) is 10.1. The Morgan fingerprint density at radius 3 is 1.79 bits per heavy atom. The van der Waals surface area contributed by atoms with Crippen LogP contribution in [0.5, 0.6) is 0 Å². The predicted octanol–water partition coefficient (Wildman–Crippen LogP) is 6.22. The second-order valence-corrected chi connectivity index (χ2v) is 6.00. The number of esters is 1. The molecule has 24 heavy (non-hydrogen) atoms. The van der Waals surface area contributed by atoms with Gasteiger partial charge in [-0.15, -0.1) is 0 Å². The Balaban J connectivity index is -0.000000337. The van der Waals surface area contributed by atoms with Crippen LogP contribution >= 0.6 is 0 Å². The first-order valence-corrected chi connectivity index (χ1v) is 9.81. The molecule has 0 spiro atoms. The van der Waals surface area contributed by atoms with E-state index in [1.54, 1.807) is 0 Å². The van der Waals surface area contributed by atoms with E-state index in [2.05, 4.69) is 20.8 Å². The molecule has 4 heteroatoms. The van der Waals surface area contributed by atoms with Gasteiger partial charge in [-0.25, -0.2) is 0 Å². The van der Waals surface area contributed by atoms with Gasteiger partial charge in [0.1, 0.15) is 0 Å². The molecule has 4 nitrogen and oxygen atoms in total. The van der Waals surface area contributed by atoms with E-state index in [0.717, 1.165) is 19.3 Å². The van der Waals surface area contributed by atoms with Crippen molar-refractivity contribution >= 4 is 11.9 Å². The minimum atomic E-state index is -0.663. The van der Waals surface area contributed by atoms with Gasteiger partial charge in [0, 0.05) is 12.8 Å². The zero-order valence-electron chi connectivity index (χ0n) is 17.0. The van der Waals surface area contributed by atoms with Crippen molar-refractivity contribution in [2.45, 2.75) is 106 Å². The lowest BCUT2D eigenvalue weighted by Gasteiger charge is -2.03. The second-order valence-electron chi connectivity index (χ2n) is 6.00. The lowest BCUT2D eigenvalue weighted by molar-refractivity contribution is -0.143. The Labute approximate surface area is 150 Å². The number of carbonyl (C=O) groups excluding carboxylic acids is 1. The average molecular weight is 347 g/mol. The summed E-state index contributed by atoms with van der Waals surface area (Å²) >= 11 is 0. The molecule has 0 aromatic heterocycles. The fourth-order valence-corrected chi connectivity index (χ4v) is 1.87. The van der Waals surface area contributed by atoms with Gasteiger partial charge in [0.15, 0.2) is 0 Å². The first-order valence-electron chi connectivity index (χ1n) is 9.81. The van der Waals surface area contributed by atoms with Gasteiger partial charge in [0.25, 0.3) is 0 Å². The molecule has 0 aromatic rings. The molecule has 0 unspecified atom stereocenters. The van der Waals surface area contributed by atoms with E-state index >= 15 is 0 Å². The van der Waals surface area contributed by atoms with Crippen LogP contribution in [0.2, 0.25) is 0 Å². The normalized spacial score (nSPS) is 9.46. The fraction of sp³-hybridized carbons (Fsp3) is 0.900. The number of aliphatic carboxylic acids is 1. The Bertz CT molecular complexity index is 262. The minimum absolute atomic E-state index is 0.0730. The SMILES string of the molecule is CC.CCCCCCCCCC(=O)O.CCOC(=O)CCC(C)C. The quantitative estimate of drug-likeness (QED) is 0.336. The summed E-state index contributed by atoms with van der Waals surface area (Å²) in [6, 6.07) is 0. The molecule has 0 atom stereocenters. The number of hydrogen-bond donors (Lipinski definition) is 1. The molecule has 0 aliphatic heterocycles. The van der Waals surface area contributed by atoms with Crippen LogP contribution < -0.4 is 0 Å². The van der Waals surface area contributed by atoms with Crippen LogP contribution in [0.25, 0.3) is 0 Å². The summed E-state index contributed by atoms with van der Waals surface area (Å²) in [6.45, 7) is 12.7. The molecule has 0 aromatic carbocycles. The standard InChI is InChI=1S/C10H20O2.C8H16O2.C2H6/c1-2-3-4-5-6-7-8-9-10(11)12;1-4-10-8(9)6-5-7(2)3;1-2/h2-9H2,1H3,(H,11,12);7H,4-6H2,1-3H3;1-2H3. The smallest absolute Gasteiger partial charge is 0.305 e. The number of ether oxygens (including phenoxy) is 1. The number of carbonyl (C=O) groups is 2. The highest BCUT2D eigenvalue weighted by atomic mass is 16.5. The molecule has 0 saturated carbocycles. The molecule has 0 aliphatic carbocycles. The van der Waals surface area contributed by atoms with Crippen molar-refractivity contribution in [2.75, 3.05) is 6.61 Å². The Hall–Kier alpha value is -1.06. The van der Waals surface area contributed by atoms with E-state index in [0.29, 0.717) is 25.4 Å². The van der Waals surface area contributed by atoms with E-state index < -0.39 is 5.97 Å². The van der Waals surface area contributed by atoms with Crippen LogP contribution in [-0.2, 0) is 14.3 Å². The highest BCUT2D eigenvalue weighted by molar-refractivity contribution is 5.69. The van der Waals surface area contributed by atoms with E-state index in [1.165, 1.54) is 32.1 Å². The molecule has 1 N–H and O–H groups in total. The predicted molar refractivity (Wildman–Crippen MR) is 102 cm³/mol. The van der Waals surface area contributed by atoms with Gasteiger partial charge >= 0.3 is 11.9 Å². The maximum absolute atomic E-state index is 10.7. The monoisotopic (exact) mass is 346 g/mol. The zero-order valence-corrected chi connectivity index (χ0v) is 17.0. The maximum Gasteiger partial charge on any atom is 0.305 e. The van der Waals surface area contributed by atoms with E-state index in [-0.39, 0.29) is 5.97 Å². The van der Waals surface area contributed by atoms with Gasteiger partial charge in [-0.2, -0.15) is 0 Å². The summed E-state index contributed by atoms with van der Waals surface area (Å²) in [4.78, 5) is 20.9. The molecule has 146 valence electrons. The van der Waals surface area contributed by atoms with E-state index in [9.17, 15) is 9.59 Å². The average Bonchev–Trinajstić information content (AvgIpc) is 2.55. The Kier molecular flexibility index (Phi) is 28.0. The summed E-state index contributed by atoms with van der Waals surface area (Å²) in [5.74, 6) is -0.149. The fourth-order valence-electron chi connectivity index (χ4n) is 1.87. The maximum atomic E-state index is 10.7. The molecular weight excluding hydrogens is 304 g/mol. The third-order valence-electron chi connectivity index (χ3n) is 3.23. The van der Waals surface area contributed by atoms with Crippen molar-refractivity contribution < 1.29 is 19.4 Å². The Morgan fingerprint density at radius 2 is 1.38 bits per heavy atom. The summed E-state index contributed by atoms with van der Waals surface area (Å²) in [5.41, 5.74) is 0. The van der Waals surface area contributed by atoms with Gasteiger partial charge in [-0.3, -0.25) is 9.59 Å². The number of carboxylic acids is 1. The molecule has 0 bridgehead atoms. The van der Waals surface area contributed by atoms with Crippen molar-refractivity contribution in [3.8, 4) is 0 Å². The molecule has 0 fully saturated rings. The largest absolute Gasteiger partial charge is 0.481 e. The van der Waals surface area contributed by atoms with Crippen molar-refractivity contribution in [2.24, 2.45) is 5.92 Å². The number of carboxylic acid groups (broad SMARTS) is 1. The lowest BCUT2D eigenvalue weighted by Crippen LogP contribution is -2.04. The molecule has 0 amide bonds. The van der Waals surface area contributed by atoms with Crippen LogP contribution in [0.1, 0.15) is 106 Å². The third kappa shape index (κ3) is 32.8. The molecule has 0 aliphatic rings. The summed E-state index contributed by atoms with van der Waals surface area (Å²) in [7, 11) is 0. The number of unbranched alkanes of at least 4 members (excludes halogenated alkanes) is 6. The molecule has 0 heterocycles. The summed E-state index contributed by atoms with van der Waals surface area (Å²) in [5, 5.41) is 8.35. The summed E-state index contributed by atoms with van der Waals surface area (Å²) < 4.78 is 4.75. The van der Waals surface area contributed by atoms with Crippen molar-refractivity contribution in [1.29, 1.82) is 0 Å². The van der Waals surface area contributed by atoms with E-state index in [4.69, 9.17) is 9.84 Å². The molecule has 0 radical (unpaired) electrons. The van der Waals surface area contributed by atoms with Crippen LogP contribution in [-0.4, -0.2) is 23.7 Å². The highest BCUT2D eigenvalue weighted by Gasteiger charge is 2.02. The minimum Gasteiger partial charge on any atom is -0.481 e. The van der Waals surface area contributed by atoms with Crippen LogP contribution in [0.15, 0.2) is 0 Å². The Morgan fingerprint density at radius 1 is 0.875 bits per heavy atom. The van der Waals surface area contributed by atoms with Crippen LogP contribution in [0.4, 0.5) is 0 Å². The first kappa shape index (κ1) is 27.8. The van der Waals surface area contributed by atoms with Gasteiger partial charge in [-0.1, -0.05) is 73.1 Å². The van der Waals surface area contributed by atoms with Crippen molar-refractivity contribution in [1.82, 2.24) is 0 Å². The zero-order chi connectivity index (χ0) is 19.2. The van der Waals surface area contributed by atoms with E-state index in [1.807, 2.05) is 20.8 Å². The van der Waals surface area contributed by atoms with Crippen molar-refractivity contribution in [3.63, 3.8) is 0 Å². The van der Waals surface area contributed by atoms with Crippen LogP contribution in [0.3, 0.4) is 0 Å². The second kappa shape index (κ2) is 24.2. The van der Waals surface area contributed by atoms with Crippen molar-refractivity contribution in [3.05, 3.63) is 0 Å². The molecule has 0 saturated heterocycles.